The molecule has 1 heterocycles. The van der Waals surface area contributed by atoms with Gasteiger partial charge in [-0.05, 0) is 40.5 Å². The van der Waals surface area contributed by atoms with E-state index >= 15 is 0 Å². The number of hydrogen-bond donors (Lipinski definition) is 1. The zero-order valence-electron chi connectivity index (χ0n) is 11.2. The van der Waals surface area contributed by atoms with Crippen LogP contribution >= 0.6 is 0 Å². The van der Waals surface area contributed by atoms with Gasteiger partial charge >= 0.3 is 5.97 Å². The van der Waals surface area contributed by atoms with Crippen LogP contribution in [0.25, 0.3) is 0 Å². The number of nitrogens with zero attached hydrogens (tertiary/aromatic N) is 1. The first-order valence-electron chi connectivity index (χ1n) is 6.42. The minimum Gasteiger partial charge on any atom is -0.462 e. The largest absolute Gasteiger partial charge is 0.462 e. The second kappa shape index (κ2) is 3.95. The lowest BCUT2D eigenvalue weighted by Crippen LogP contribution is -2.60. The van der Waals surface area contributed by atoms with E-state index in [4.69, 9.17) is 4.74 Å². The van der Waals surface area contributed by atoms with E-state index in [0.717, 1.165) is 12.8 Å². The Morgan fingerprint density at radius 3 is 2.06 bits per heavy atom. The van der Waals surface area contributed by atoms with Crippen LogP contribution in [0.3, 0.4) is 0 Å². The molecule has 0 amide bonds. The van der Waals surface area contributed by atoms with Gasteiger partial charge in [0.05, 0.1) is 5.92 Å². The number of piperidine rings is 1. The molecule has 4 heteroatoms. The fraction of sp³-hybridized carbons (Fsp3) is 0.923. The Morgan fingerprint density at radius 2 is 1.65 bits per heavy atom. The molecule has 1 aliphatic carbocycles. The lowest BCUT2D eigenvalue weighted by Gasteiger charge is -2.50. The van der Waals surface area contributed by atoms with E-state index in [1.807, 2.05) is 27.7 Å². The van der Waals surface area contributed by atoms with Crippen LogP contribution in [-0.2, 0) is 9.53 Å². The number of rotatable bonds is 2. The molecule has 2 fully saturated rings. The van der Waals surface area contributed by atoms with Gasteiger partial charge in [0.15, 0.2) is 0 Å². The molecule has 4 nitrogen and oxygen atoms in total. The molecule has 17 heavy (non-hydrogen) atoms. The summed E-state index contributed by atoms with van der Waals surface area (Å²) in [6.07, 6.45) is 3.25. The topological polar surface area (TPSA) is 49.8 Å². The van der Waals surface area contributed by atoms with E-state index in [1.165, 1.54) is 5.06 Å². The highest BCUT2D eigenvalue weighted by atomic mass is 16.5. The molecule has 0 aromatic carbocycles. The van der Waals surface area contributed by atoms with E-state index in [9.17, 15) is 10.0 Å². The molecule has 0 unspecified atom stereocenters. The number of hydrogen-bond acceptors (Lipinski definition) is 4. The third-order valence-corrected chi connectivity index (χ3v) is 3.79. The van der Waals surface area contributed by atoms with E-state index in [0.29, 0.717) is 12.8 Å². The van der Waals surface area contributed by atoms with Gasteiger partial charge in [0.1, 0.15) is 6.10 Å². The second-order valence-corrected chi connectivity index (χ2v) is 6.68. The van der Waals surface area contributed by atoms with Crippen molar-refractivity contribution in [2.75, 3.05) is 0 Å². The quantitative estimate of drug-likeness (QED) is 0.754. The van der Waals surface area contributed by atoms with Crippen molar-refractivity contribution in [3.05, 3.63) is 0 Å². The molecule has 0 aromatic rings. The van der Waals surface area contributed by atoms with Gasteiger partial charge in [0, 0.05) is 23.9 Å². The van der Waals surface area contributed by atoms with Gasteiger partial charge in [-0.3, -0.25) is 4.79 Å². The Balaban J connectivity index is 2.02. The molecule has 1 N–H and O–H groups in total. The van der Waals surface area contributed by atoms with Gasteiger partial charge in [-0.2, -0.15) is 5.06 Å². The third kappa shape index (κ3) is 2.63. The fourth-order valence-corrected chi connectivity index (χ4v) is 2.84. The van der Waals surface area contributed by atoms with Crippen molar-refractivity contribution in [1.82, 2.24) is 5.06 Å². The van der Waals surface area contributed by atoms with E-state index in [-0.39, 0.29) is 29.1 Å². The summed E-state index contributed by atoms with van der Waals surface area (Å²) in [4.78, 5) is 11.7. The van der Waals surface area contributed by atoms with Gasteiger partial charge in [0.2, 0.25) is 0 Å². The highest BCUT2D eigenvalue weighted by Crippen LogP contribution is 2.39. The molecular weight excluding hydrogens is 218 g/mol. The Labute approximate surface area is 103 Å². The molecule has 1 saturated heterocycles. The second-order valence-electron chi connectivity index (χ2n) is 6.68. The lowest BCUT2D eigenvalue weighted by atomic mass is 9.80. The zero-order valence-corrected chi connectivity index (χ0v) is 11.2. The summed E-state index contributed by atoms with van der Waals surface area (Å²) in [7, 11) is 0. The van der Waals surface area contributed by atoms with Gasteiger partial charge in [-0.15, -0.1) is 0 Å². The highest BCUT2D eigenvalue weighted by molar-refractivity contribution is 5.75. The predicted octanol–water partition coefficient (Wildman–Crippen LogP) is 2.35. The molecule has 98 valence electrons. The van der Waals surface area contributed by atoms with Crippen molar-refractivity contribution < 1.29 is 14.7 Å². The maximum absolute atomic E-state index is 11.7. The first-order chi connectivity index (χ1) is 7.72. The standard InChI is InChI=1S/C13H23NO3/c1-12(2)7-10(8-13(3,4)14(12)16)17-11(15)9-5-6-9/h9-10,16H,5-8H2,1-4H3. The molecule has 2 aliphatic rings. The number of carbonyl (C=O) groups is 1. The number of hydroxylamine groups is 2. The van der Waals surface area contributed by atoms with Crippen molar-refractivity contribution in [3.63, 3.8) is 0 Å². The van der Waals surface area contributed by atoms with Crippen molar-refractivity contribution in [3.8, 4) is 0 Å². The minimum absolute atomic E-state index is 0.0482. The van der Waals surface area contributed by atoms with Gasteiger partial charge in [-0.25, -0.2) is 0 Å². The summed E-state index contributed by atoms with van der Waals surface area (Å²) in [5.41, 5.74) is -0.702. The third-order valence-electron chi connectivity index (χ3n) is 3.79. The molecule has 0 atom stereocenters. The Bertz CT molecular complexity index is 303. The van der Waals surface area contributed by atoms with Crippen LogP contribution in [0, 0.1) is 5.92 Å². The number of esters is 1. The predicted molar refractivity (Wildman–Crippen MR) is 63.6 cm³/mol. The first kappa shape index (κ1) is 12.8. The van der Waals surface area contributed by atoms with E-state index in [2.05, 4.69) is 0 Å². The molecule has 1 aliphatic heterocycles. The summed E-state index contributed by atoms with van der Waals surface area (Å²) in [5.74, 6) is 0.0985. The van der Waals surface area contributed by atoms with Crippen LogP contribution in [0.4, 0.5) is 0 Å². The summed E-state index contributed by atoms with van der Waals surface area (Å²) >= 11 is 0. The molecule has 0 aromatic heterocycles. The van der Waals surface area contributed by atoms with Gasteiger partial charge < -0.3 is 9.94 Å². The molecular formula is C13H23NO3. The zero-order chi connectivity index (χ0) is 12.8. The molecule has 2 rings (SSSR count). The highest BCUT2D eigenvalue weighted by Gasteiger charge is 2.47. The SMILES string of the molecule is CC1(C)CC(OC(=O)C2CC2)CC(C)(C)N1O. The smallest absolute Gasteiger partial charge is 0.309 e. The Hall–Kier alpha value is -0.610. The van der Waals surface area contributed by atoms with Crippen LogP contribution in [-0.4, -0.2) is 33.4 Å². The Morgan fingerprint density at radius 1 is 1.18 bits per heavy atom. The Kier molecular flexibility index (Phi) is 2.99. The van der Waals surface area contributed by atoms with Crippen molar-refractivity contribution >= 4 is 5.97 Å². The first-order valence-corrected chi connectivity index (χ1v) is 6.42. The monoisotopic (exact) mass is 241 g/mol. The van der Waals surface area contributed by atoms with Crippen molar-refractivity contribution in [2.45, 2.75) is 70.6 Å². The van der Waals surface area contributed by atoms with Crippen LogP contribution < -0.4 is 0 Å². The summed E-state index contributed by atoms with van der Waals surface area (Å²) in [6.45, 7) is 7.91. The number of ether oxygens (including phenoxy) is 1. The summed E-state index contributed by atoms with van der Waals surface area (Å²) in [6, 6.07) is 0. The maximum Gasteiger partial charge on any atom is 0.309 e. The van der Waals surface area contributed by atoms with Crippen molar-refractivity contribution in [1.29, 1.82) is 0 Å². The molecule has 0 radical (unpaired) electrons. The van der Waals surface area contributed by atoms with Crippen LogP contribution in [0.2, 0.25) is 0 Å². The lowest BCUT2D eigenvalue weighted by molar-refractivity contribution is -0.259. The molecule has 0 spiro atoms. The summed E-state index contributed by atoms with van der Waals surface area (Å²) in [5, 5.41) is 11.5. The van der Waals surface area contributed by atoms with Crippen LogP contribution in [0.1, 0.15) is 53.4 Å². The van der Waals surface area contributed by atoms with Crippen molar-refractivity contribution in [2.24, 2.45) is 5.92 Å². The molecule has 0 bridgehead atoms. The fourth-order valence-electron chi connectivity index (χ4n) is 2.84. The van der Waals surface area contributed by atoms with E-state index < -0.39 is 0 Å². The van der Waals surface area contributed by atoms with E-state index in [1.54, 1.807) is 0 Å². The number of carbonyl (C=O) groups excluding carboxylic acids is 1. The average Bonchev–Trinajstić information content (AvgIpc) is 2.95. The average molecular weight is 241 g/mol. The summed E-state index contributed by atoms with van der Waals surface area (Å²) < 4.78 is 5.56. The normalized spacial score (nSPS) is 29.0. The maximum atomic E-state index is 11.7. The molecule has 1 saturated carbocycles. The van der Waals surface area contributed by atoms with Gasteiger partial charge in [-0.1, -0.05) is 0 Å². The van der Waals surface area contributed by atoms with Gasteiger partial charge in [0.25, 0.3) is 0 Å². The van der Waals surface area contributed by atoms with Crippen LogP contribution in [0.15, 0.2) is 0 Å². The van der Waals surface area contributed by atoms with Crippen LogP contribution in [0.5, 0.6) is 0 Å². The minimum atomic E-state index is -0.351.